The Balaban J connectivity index is 2.23. The molecule has 0 aliphatic carbocycles. The van der Waals surface area contributed by atoms with E-state index in [2.05, 4.69) is 18.2 Å². The monoisotopic (exact) mass is 305 g/mol. The SMILES string of the molecule is Cc1cc(-c2ccccc2O)c2c(sc3ccccc32)c1N. The maximum Gasteiger partial charge on any atom is 0.123 e. The fourth-order valence-corrected chi connectivity index (χ4v) is 4.20. The molecule has 0 amide bonds. The molecule has 0 aliphatic heterocycles. The molecule has 0 aliphatic rings. The highest BCUT2D eigenvalue weighted by Gasteiger charge is 2.16. The highest BCUT2D eigenvalue weighted by atomic mass is 32.1. The van der Waals surface area contributed by atoms with Crippen molar-refractivity contribution >= 4 is 37.2 Å². The molecule has 0 saturated heterocycles. The molecule has 4 aromatic rings. The number of phenolic OH excluding ortho intramolecular Hbond substituents is 1. The molecule has 0 bridgehead atoms. The first-order chi connectivity index (χ1) is 10.7. The van der Waals surface area contributed by atoms with E-state index in [1.54, 1.807) is 17.4 Å². The number of aromatic hydroxyl groups is 1. The summed E-state index contributed by atoms with van der Waals surface area (Å²) in [7, 11) is 0. The van der Waals surface area contributed by atoms with Crippen molar-refractivity contribution in [2.45, 2.75) is 6.92 Å². The minimum atomic E-state index is 0.295. The zero-order valence-electron chi connectivity index (χ0n) is 12.1. The van der Waals surface area contributed by atoms with Crippen LogP contribution in [0, 0.1) is 6.92 Å². The quantitative estimate of drug-likeness (QED) is 0.468. The van der Waals surface area contributed by atoms with Gasteiger partial charge in [0, 0.05) is 21.0 Å². The van der Waals surface area contributed by atoms with Crippen LogP contribution in [0.4, 0.5) is 5.69 Å². The van der Waals surface area contributed by atoms with Crippen molar-refractivity contribution < 1.29 is 5.11 Å². The van der Waals surface area contributed by atoms with Crippen molar-refractivity contribution in [3.8, 4) is 16.9 Å². The third-order valence-corrected chi connectivity index (χ3v) is 5.29. The minimum Gasteiger partial charge on any atom is -0.507 e. The van der Waals surface area contributed by atoms with Crippen LogP contribution in [0.15, 0.2) is 54.6 Å². The van der Waals surface area contributed by atoms with Crippen molar-refractivity contribution in [2.75, 3.05) is 5.73 Å². The van der Waals surface area contributed by atoms with Crippen LogP contribution in [0.5, 0.6) is 5.75 Å². The number of aryl methyl sites for hydroxylation is 1. The maximum absolute atomic E-state index is 10.3. The summed E-state index contributed by atoms with van der Waals surface area (Å²) in [6.45, 7) is 2.02. The van der Waals surface area contributed by atoms with Crippen LogP contribution in [0.2, 0.25) is 0 Å². The molecule has 1 aromatic heterocycles. The molecule has 3 aromatic carbocycles. The van der Waals surface area contributed by atoms with E-state index in [0.29, 0.717) is 5.75 Å². The van der Waals surface area contributed by atoms with Crippen LogP contribution in [0.3, 0.4) is 0 Å². The predicted molar refractivity (Wildman–Crippen MR) is 95.6 cm³/mol. The second-order valence-electron chi connectivity index (χ2n) is 5.47. The van der Waals surface area contributed by atoms with Crippen LogP contribution in [0.1, 0.15) is 5.56 Å². The first kappa shape index (κ1) is 13.2. The van der Waals surface area contributed by atoms with Gasteiger partial charge in [-0.15, -0.1) is 11.3 Å². The second-order valence-corrected chi connectivity index (χ2v) is 6.53. The molecule has 0 spiro atoms. The first-order valence-electron chi connectivity index (χ1n) is 7.15. The van der Waals surface area contributed by atoms with Gasteiger partial charge in [0.25, 0.3) is 0 Å². The Kier molecular flexibility index (Phi) is 2.84. The standard InChI is InChI=1S/C19H15NOS/c1-11-10-14(12-6-2-4-8-15(12)21)17-13-7-3-5-9-16(13)22-19(17)18(11)20/h2-10,21H,20H2,1H3. The van der Waals surface area contributed by atoms with Crippen molar-refractivity contribution in [1.29, 1.82) is 0 Å². The Bertz CT molecular complexity index is 1020. The van der Waals surface area contributed by atoms with E-state index < -0.39 is 0 Å². The maximum atomic E-state index is 10.3. The molecule has 0 radical (unpaired) electrons. The molecule has 0 fully saturated rings. The summed E-state index contributed by atoms with van der Waals surface area (Å²) in [5, 5.41) is 12.6. The smallest absolute Gasteiger partial charge is 0.123 e. The Hall–Kier alpha value is -2.52. The Morgan fingerprint density at radius 3 is 2.50 bits per heavy atom. The number of nitrogen functional groups attached to an aromatic ring is 1. The number of benzene rings is 3. The summed E-state index contributed by atoms with van der Waals surface area (Å²) in [5.74, 6) is 0.295. The first-order valence-corrected chi connectivity index (χ1v) is 7.97. The number of anilines is 1. The normalized spacial score (nSPS) is 11.3. The number of hydrogen-bond donors (Lipinski definition) is 2. The number of para-hydroxylation sites is 1. The third kappa shape index (κ3) is 1.79. The van der Waals surface area contributed by atoms with Crippen LogP contribution in [-0.4, -0.2) is 5.11 Å². The van der Waals surface area contributed by atoms with Crippen LogP contribution in [-0.2, 0) is 0 Å². The molecule has 0 unspecified atom stereocenters. The van der Waals surface area contributed by atoms with Crippen molar-refractivity contribution in [3.63, 3.8) is 0 Å². The van der Waals surface area contributed by atoms with E-state index in [-0.39, 0.29) is 0 Å². The third-order valence-electron chi connectivity index (χ3n) is 4.09. The van der Waals surface area contributed by atoms with Gasteiger partial charge in [-0.2, -0.15) is 0 Å². The molecule has 22 heavy (non-hydrogen) atoms. The number of fused-ring (bicyclic) bond motifs is 3. The van der Waals surface area contributed by atoms with Gasteiger partial charge < -0.3 is 10.8 Å². The average molecular weight is 305 g/mol. The topological polar surface area (TPSA) is 46.2 Å². The van der Waals surface area contributed by atoms with E-state index in [1.807, 2.05) is 37.3 Å². The van der Waals surface area contributed by atoms with E-state index in [0.717, 1.165) is 32.5 Å². The molecule has 2 nitrogen and oxygen atoms in total. The molecule has 3 N–H and O–H groups in total. The van der Waals surface area contributed by atoms with E-state index in [9.17, 15) is 5.11 Å². The van der Waals surface area contributed by atoms with Gasteiger partial charge in [0.2, 0.25) is 0 Å². The molecule has 108 valence electrons. The van der Waals surface area contributed by atoms with E-state index in [4.69, 9.17) is 5.73 Å². The number of phenols is 1. The fourth-order valence-electron chi connectivity index (χ4n) is 2.96. The Labute approximate surface area is 132 Å². The minimum absolute atomic E-state index is 0.295. The highest BCUT2D eigenvalue weighted by Crippen LogP contribution is 2.45. The van der Waals surface area contributed by atoms with Crippen LogP contribution < -0.4 is 5.73 Å². The van der Waals surface area contributed by atoms with Gasteiger partial charge in [-0.1, -0.05) is 36.4 Å². The molecular formula is C19H15NOS. The van der Waals surface area contributed by atoms with Crippen molar-refractivity contribution in [1.82, 2.24) is 0 Å². The van der Waals surface area contributed by atoms with Gasteiger partial charge in [0.05, 0.1) is 10.4 Å². The summed E-state index contributed by atoms with van der Waals surface area (Å²) in [6.07, 6.45) is 0. The van der Waals surface area contributed by atoms with Crippen molar-refractivity contribution in [2.24, 2.45) is 0 Å². The summed E-state index contributed by atoms with van der Waals surface area (Å²) in [4.78, 5) is 0. The summed E-state index contributed by atoms with van der Waals surface area (Å²) in [6, 6.07) is 17.8. The van der Waals surface area contributed by atoms with Gasteiger partial charge in [0.1, 0.15) is 5.75 Å². The van der Waals surface area contributed by atoms with Gasteiger partial charge in [-0.05, 0) is 36.2 Å². The molecule has 1 heterocycles. The number of hydrogen-bond acceptors (Lipinski definition) is 3. The Morgan fingerprint density at radius 2 is 1.68 bits per heavy atom. The van der Waals surface area contributed by atoms with E-state index >= 15 is 0 Å². The van der Waals surface area contributed by atoms with Gasteiger partial charge in [0.15, 0.2) is 0 Å². The molecule has 0 saturated carbocycles. The molecule has 4 rings (SSSR count). The summed E-state index contributed by atoms with van der Waals surface area (Å²) < 4.78 is 2.31. The van der Waals surface area contributed by atoms with Crippen LogP contribution >= 0.6 is 11.3 Å². The van der Waals surface area contributed by atoms with Crippen molar-refractivity contribution in [3.05, 3.63) is 60.2 Å². The summed E-state index contributed by atoms with van der Waals surface area (Å²) in [5.41, 5.74) is 10.1. The number of rotatable bonds is 1. The Morgan fingerprint density at radius 1 is 0.955 bits per heavy atom. The lowest BCUT2D eigenvalue weighted by Gasteiger charge is -2.11. The van der Waals surface area contributed by atoms with Gasteiger partial charge in [-0.25, -0.2) is 0 Å². The van der Waals surface area contributed by atoms with Gasteiger partial charge in [-0.3, -0.25) is 0 Å². The zero-order valence-corrected chi connectivity index (χ0v) is 12.9. The zero-order chi connectivity index (χ0) is 15.3. The number of thiophene rings is 1. The lowest BCUT2D eigenvalue weighted by molar-refractivity contribution is 0.477. The summed E-state index contributed by atoms with van der Waals surface area (Å²) >= 11 is 1.71. The fraction of sp³-hybridized carbons (Fsp3) is 0.0526. The van der Waals surface area contributed by atoms with Gasteiger partial charge >= 0.3 is 0 Å². The second kappa shape index (κ2) is 4.75. The lowest BCUT2D eigenvalue weighted by atomic mass is 9.96. The highest BCUT2D eigenvalue weighted by molar-refractivity contribution is 7.26. The average Bonchev–Trinajstić information content (AvgIpc) is 2.91. The molecule has 0 atom stereocenters. The molecule has 3 heteroatoms. The lowest BCUT2D eigenvalue weighted by Crippen LogP contribution is -1.91. The molecular weight excluding hydrogens is 290 g/mol. The largest absolute Gasteiger partial charge is 0.507 e. The van der Waals surface area contributed by atoms with E-state index in [1.165, 1.54) is 10.1 Å². The predicted octanol–water partition coefficient (Wildman–Crippen LogP) is 5.32. The van der Waals surface area contributed by atoms with Crippen LogP contribution in [0.25, 0.3) is 31.3 Å². The number of nitrogens with two attached hydrogens (primary N) is 1.